The molecule has 0 radical (unpaired) electrons. The number of sulfonamides is 1. The maximum atomic E-state index is 12.8. The maximum absolute atomic E-state index is 12.8. The summed E-state index contributed by atoms with van der Waals surface area (Å²) in [5.74, 6) is -0.0155. The summed E-state index contributed by atoms with van der Waals surface area (Å²) in [5, 5.41) is 12.7. The van der Waals surface area contributed by atoms with E-state index in [0.717, 1.165) is 5.56 Å². The van der Waals surface area contributed by atoms with Crippen LogP contribution >= 0.6 is 0 Å². The van der Waals surface area contributed by atoms with E-state index < -0.39 is 15.9 Å². The standard InChI is InChI=1S/C20H20N2O6S/c23-18-6-5-16(29(25,26)22-7-9-27-10-8-22)12-17(18)21-20(24)15-11-14-3-1-2-4-19(14)28-13-15/h1-6,11-12,23H,7-10,13H2,(H,21,24). The summed E-state index contributed by atoms with van der Waals surface area (Å²) in [6.45, 7) is 1.26. The first-order valence-corrected chi connectivity index (χ1v) is 10.5. The average molecular weight is 416 g/mol. The second-order valence-corrected chi connectivity index (χ2v) is 8.58. The van der Waals surface area contributed by atoms with Crippen molar-refractivity contribution >= 4 is 27.7 Å². The van der Waals surface area contributed by atoms with Crippen LogP contribution in [-0.2, 0) is 19.6 Å². The number of benzene rings is 2. The first kappa shape index (κ1) is 19.4. The van der Waals surface area contributed by atoms with Crippen molar-refractivity contribution < 1.29 is 27.8 Å². The number of fused-ring (bicyclic) bond motifs is 1. The van der Waals surface area contributed by atoms with Crippen LogP contribution < -0.4 is 10.1 Å². The highest BCUT2D eigenvalue weighted by Crippen LogP contribution is 2.30. The third-order valence-corrected chi connectivity index (χ3v) is 6.64. The highest BCUT2D eigenvalue weighted by atomic mass is 32.2. The van der Waals surface area contributed by atoms with Gasteiger partial charge in [0, 0.05) is 18.7 Å². The van der Waals surface area contributed by atoms with Gasteiger partial charge >= 0.3 is 0 Å². The minimum Gasteiger partial charge on any atom is -0.506 e. The summed E-state index contributed by atoms with van der Waals surface area (Å²) in [7, 11) is -3.75. The molecular weight excluding hydrogens is 396 g/mol. The fourth-order valence-corrected chi connectivity index (χ4v) is 4.60. The molecule has 0 aromatic heterocycles. The first-order valence-electron chi connectivity index (χ1n) is 9.10. The molecule has 0 aliphatic carbocycles. The van der Waals surface area contributed by atoms with Crippen molar-refractivity contribution in [3.05, 3.63) is 53.6 Å². The number of morpholine rings is 1. The average Bonchev–Trinajstić information content (AvgIpc) is 2.75. The molecular formula is C20H20N2O6S. The van der Waals surface area contributed by atoms with Crippen molar-refractivity contribution in [3.8, 4) is 11.5 Å². The highest BCUT2D eigenvalue weighted by Gasteiger charge is 2.27. The predicted molar refractivity (Wildman–Crippen MR) is 106 cm³/mol. The van der Waals surface area contributed by atoms with Crippen LogP contribution in [0.25, 0.3) is 6.08 Å². The second kappa shape index (κ2) is 7.86. The summed E-state index contributed by atoms with van der Waals surface area (Å²) in [5.41, 5.74) is 1.16. The lowest BCUT2D eigenvalue weighted by atomic mass is 10.1. The van der Waals surface area contributed by atoms with Gasteiger partial charge in [-0.05, 0) is 30.3 Å². The molecule has 1 amide bonds. The Hall–Kier alpha value is -2.88. The van der Waals surface area contributed by atoms with E-state index in [0.29, 0.717) is 24.5 Å². The van der Waals surface area contributed by atoms with Crippen LogP contribution in [0, 0.1) is 0 Å². The summed E-state index contributed by atoms with van der Waals surface area (Å²) < 4.78 is 37.7. The molecule has 0 spiro atoms. The van der Waals surface area contributed by atoms with Crippen LogP contribution in [0.2, 0.25) is 0 Å². The number of ether oxygens (including phenoxy) is 2. The number of phenolic OH excluding ortho intramolecular Hbond substituents is 1. The Bertz CT molecular complexity index is 1070. The molecule has 2 N–H and O–H groups in total. The van der Waals surface area contributed by atoms with Gasteiger partial charge in [0.15, 0.2) is 0 Å². The lowest BCUT2D eigenvalue weighted by molar-refractivity contribution is -0.113. The topological polar surface area (TPSA) is 105 Å². The van der Waals surface area contributed by atoms with E-state index in [2.05, 4.69) is 5.32 Å². The van der Waals surface area contributed by atoms with Crippen LogP contribution in [0.4, 0.5) is 5.69 Å². The van der Waals surface area contributed by atoms with Gasteiger partial charge in [0.2, 0.25) is 10.0 Å². The number of phenols is 1. The predicted octanol–water partition coefficient (Wildman–Crippen LogP) is 1.83. The van der Waals surface area contributed by atoms with E-state index in [-0.39, 0.29) is 36.0 Å². The molecule has 2 aliphatic rings. The van der Waals surface area contributed by atoms with Gasteiger partial charge in [-0.15, -0.1) is 0 Å². The highest BCUT2D eigenvalue weighted by molar-refractivity contribution is 7.89. The van der Waals surface area contributed by atoms with E-state index in [1.165, 1.54) is 22.5 Å². The van der Waals surface area contributed by atoms with Gasteiger partial charge in [-0.25, -0.2) is 8.42 Å². The van der Waals surface area contributed by atoms with Gasteiger partial charge in [-0.1, -0.05) is 18.2 Å². The number of amides is 1. The van der Waals surface area contributed by atoms with Crippen molar-refractivity contribution in [2.24, 2.45) is 0 Å². The monoisotopic (exact) mass is 416 g/mol. The van der Waals surface area contributed by atoms with Gasteiger partial charge < -0.3 is 19.9 Å². The Morgan fingerprint density at radius 3 is 2.66 bits per heavy atom. The molecule has 2 aliphatic heterocycles. The fraction of sp³-hybridized carbons (Fsp3) is 0.250. The summed E-state index contributed by atoms with van der Waals surface area (Å²) in [6, 6.07) is 11.2. The number of nitrogens with zero attached hydrogens (tertiary/aromatic N) is 1. The number of para-hydroxylation sites is 1. The Labute approximate surface area is 168 Å². The lowest BCUT2D eigenvalue weighted by Crippen LogP contribution is -2.40. The van der Waals surface area contributed by atoms with Crippen LogP contribution in [0.1, 0.15) is 5.56 Å². The fourth-order valence-electron chi connectivity index (χ4n) is 3.16. The molecule has 4 rings (SSSR count). The number of aromatic hydroxyl groups is 1. The molecule has 0 atom stereocenters. The first-order chi connectivity index (χ1) is 13.9. The van der Waals surface area contributed by atoms with Crippen molar-refractivity contribution in [2.45, 2.75) is 4.90 Å². The molecule has 29 heavy (non-hydrogen) atoms. The van der Waals surface area contributed by atoms with Gasteiger partial charge in [0.1, 0.15) is 18.1 Å². The molecule has 1 fully saturated rings. The molecule has 0 unspecified atom stereocenters. The van der Waals surface area contributed by atoms with Gasteiger partial charge in [0.25, 0.3) is 5.91 Å². The molecule has 8 nitrogen and oxygen atoms in total. The zero-order chi connectivity index (χ0) is 20.4. The Morgan fingerprint density at radius 2 is 1.86 bits per heavy atom. The number of hydrogen-bond donors (Lipinski definition) is 2. The molecule has 1 saturated heterocycles. The second-order valence-electron chi connectivity index (χ2n) is 6.65. The number of carbonyl (C=O) groups excluding carboxylic acids is 1. The number of rotatable bonds is 4. The van der Waals surface area contributed by atoms with E-state index >= 15 is 0 Å². The zero-order valence-electron chi connectivity index (χ0n) is 15.5. The Morgan fingerprint density at radius 1 is 1.10 bits per heavy atom. The van der Waals surface area contributed by atoms with Crippen LogP contribution in [0.5, 0.6) is 11.5 Å². The SMILES string of the molecule is O=C(Nc1cc(S(=O)(=O)N2CCOCC2)ccc1O)C1=Cc2ccccc2OC1. The van der Waals surface area contributed by atoms with Crippen LogP contribution in [0.3, 0.4) is 0 Å². The molecule has 0 saturated carbocycles. The minimum atomic E-state index is -3.75. The van der Waals surface area contributed by atoms with Crippen molar-refractivity contribution in [1.29, 1.82) is 0 Å². The molecule has 2 aromatic carbocycles. The maximum Gasteiger partial charge on any atom is 0.255 e. The Balaban J connectivity index is 1.57. The smallest absolute Gasteiger partial charge is 0.255 e. The van der Waals surface area contributed by atoms with Crippen molar-refractivity contribution in [3.63, 3.8) is 0 Å². The third-order valence-electron chi connectivity index (χ3n) is 4.75. The molecule has 9 heteroatoms. The lowest BCUT2D eigenvalue weighted by Gasteiger charge is -2.26. The molecule has 2 heterocycles. The summed E-state index contributed by atoms with van der Waals surface area (Å²) in [6.07, 6.45) is 1.71. The van der Waals surface area contributed by atoms with Crippen molar-refractivity contribution in [2.75, 3.05) is 38.2 Å². The quantitative estimate of drug-likeness (QED) is 0.737. The summed E-state index contributed by atoms with van der Waals surface area (Å²) in [4.78, 5) is 12.6. The van der Waals surface area contributed by atoms with Gasteiger partial charge in [-0.2, -0.15) is 4.31 Å². The van der Waals surface area contributed by atoms with Gasteiger partial charge in [0.05, 0.1) is 29.4 Å². The van der Waals surface area contributed by atoms with E-state index in [9.17, 15) is 18.3 Å². The minimum absolute atomic E-state index is 0.00767. The van der Waals surface area contributed by atoms with Crippen LogP contribution in [-0.4, -0.2) is 56.6 Å². The van der Waals surface area contributed by atoms with Crippen LogP contribution in [0.15, 0.2) is 52.9 Å². The number of hydrogen-bond acceptors (Lipinski definition) is 6. The van der Waals surface area contributed by atoms with Gasteiger partial charge in [-0.3, -0.25) is 4.79 Å². The molecule has 2 aromatic rings. The van der Waals surface area contributed by atoms with E-state index in [4.69, 9.17) is 9.47 Å². The van der Waals surface area contributed by atoms with E-state index in [1.54, 1.807) is 6.08 Å². The number of carbonyl (C=O) groups is 1. The zero-order valence-corrected chi connectivity index (χ0v) is 16.3. The molecule has 152 valence electrons. The third kappa shape index (κ3) is 3.98. The number of anilines is 1. The largest absolute Gasteiger partial charge is 0.506 e. The molecule has 0 bridgehead atoms. The normalized spacial score (nSPS) is 17.0. The Kier molecular flexibility index (Phi) is 5.27. The van der Waals surface area contributed by atoms with Crippen molar-refractivity contribution in [1.82, 2.24) is 4.31 Å². The summed E-state index contributed by atoms with van der Waals surface area (Å²) >= 11 is 0. The van der Waals surface area contributed by atoms with E-state index in [1.807, 2.05) is 24.3 Å². The number of nitrogens with one attached hydrogen (secondary N) is 1.